The molecule has 0 saturated carbocycles. The molecule has 0 spiro atoms. The SMILES string of the molecule is COc1cc(C(=O)OCCOC(=O)[C@H](C)NC(=O)OC(C)(C)C)ccc1NC(=O)[C@@H]1NC(CC(C)(C)C)[C@](C#N)(c2ccc(Cl)cc2F)[C@H]1c1cccc(Cl)c1F. The van der Waals surface area contributed by atoms with E-state index in [1.165, 1.54) is 62.6 Å². The van der Waals surface area contributed by atoms with Crippen LogP contribution >= 0.6 is 23.2 Å². The van der Waals surface area contributed by atoms with Crippen LogP contribution in [0.1, 0.15) is 82.3 Å². The van der Waals surface area contributed by atoms with Crippen molar-refractivity contribution in [3.8, 4) is 11.8 Å². The highest BCUT2D eigenvalue weighted by atomic mass is 35.5. The summed E-state index contributed by atoms with van der Waals surface area (Å²) in [6, 6.07) is 11.3. The lowest BCUT2D eigenvalue weighted by molar-refractivity contribution is -0.146. The van der Waals surface area contributed by atoms with Crippen LogP contribution in [0.3, 0.4) is 0 Å². The van der Waals surface area contributed by atoms with Gasteiger partial charge in [0.1, 0.15) is 47.7 Å². The third kappa shape index (κ3) is 10.7. The maximum absolute atomic E-state index is 16.0. The van der Waals surface area contributed by atoms with E-state index >= 15 is 8.78 Å². The molecule has 4 rings (SSSR count). The fourth-order valence-corrected chi connectivity index (χ4v) is 7.06. The zero-order valence-corrected chi connectivity index (χ0v) is 34.4. The summed E-state index contributed by atoms with van der Waals surface area (Å²) in [5.74, 6) is -5.21. The zero-order valence-electron chi connectivity index (χ0n) is 32.9. The van der Waals surface area contributed by atoms with Crippen LogP contribution in [0.15, 0.2) is 54.6 Å². The molecule has 1 unspecified atom stereocenters. The number of halogens is 4. The van der Waals surface area contributed by atoms with Crippen molar-refractivity contribution in [3.05, 3.63) is 93.0 Å². The van der Waals surface area contributed by atoms with Crippen molar-refractivity contribution >= 4 is 52.8 Å². The molecule has 0 aliphatic carbocycles. The largest absolute Gasteiger partial charge is 0.495 e. The predicted octanol–water partition coefficient (Wildman–Crippen LogP) is 7.85. The quantitative estimate of drug-likeness (QED) is 0.0930. The molecule has 2 amide bonds. The van der Waals surface area contributed by atoms with Crippen molar-refractivity contribution in [1.29, 1.82) is 5.26 Å². The summed E-state index contributed by atoms with van der Waals surface area (Å²) in [5.41, 5.74) is -3.05. The summed E-state index contributed by atoms with van der Waals surface area (Å²) >= 11 is 12.4. The first-order chi connectivity index (χ1) is 26.6. The fourth-order valence-electron chi connectivity index (χ4n) is 6.72. The first-order valence-corrected chi connectivity index (χ1v) is 18.8. The Kier molecular flexibility index (Phi) is 14.2. The van der Waals surface area contributed by atoms with Crippen molar-refractivity contribution in [3.63, 3.8) is 0 Å². The van der Waals surface area contributed by atoms with E-state index < -0.39 is 76.0 Å². The number of methoxy groups -OCH3 is 1. The third-order valence-electron chi connectivity index (χ3n) is 9.07. The molecule has 1 aliphatic heterocycles. The van der Waals surface area contributed by atoms with Crippen LogP contribution in [0, 0.1) is 28.4 Å². The topological polar surface area (TPSA) is 165 Å². The minimum absolute atomic E-state index is 0.0287. The number of hydrogen-bond donors (Lipinski definition) is 3. The second kappa shape index (κ2) is 18.1. The first kappa shape index (κ1) is 44.7. The second-order valence-corrected chi connectivity index (χ2v) is 16.6. The van der Waals surface area contributed by atoms with E-state index in [4.69, 9.17) is 42.1 Å². The number of alkyl carbamates (subject to hydrolysis) is 1. The predicted molar refractivity (Wildman–Crippen MR) is 209 cm³/mol. The number of nitrogens with zero attached hydrogens (tertiary/aromatic N) is 1. The normalized spacial score (nSPS) is 19.8. The van der Waals surface area contributed by atoms with Gasteiger partial charge < -0.3 is 34.9 Å². The number of nitrogens with one attached hydrogen (secondary N) is 3. The molecule has 0 bridgehead atoms. The number of carbonyl (C=O) groups is 4. The van der Waals surface area contributed by atoms with Gasteiger partial charge in [-0.15, -0.1) is 0 Å². The van der Waals surface area contributed by atoms with Gasteiger partial charge in [-0.25, -0.2) is 23.2 Å². The highest BCUT2D eigenvalue weighted by Gasteiger charge is 2.61. The Hall–Kier alpha value is -4.97. The summed E-state index contributed by atoms with van der Waals surface area (Å²) in [7, 11) is 1.31. The molecule has 306 valence electrons. The molecule has 12 nitrogen and oxygen atoms in total. The number of nitriles is 1. The molecule has 3 aromatic carbocycles. The van der Waals surface area contributed by atoms with Gasteiger partial charge in [-0.1, -0.05) is 62.2 Å². The van der Waals surface area contributed by atoms with Crippen molar-refractivity contribution in [2.45, 2.75) is 89.9 Å². The highest BCUT2D eigenvalue weighted by Crippen LogP contribution is 2.53. The molecule has 3 N–H and O–H groups in total. The maximum Gasteiger partial charge on any atom is 0.408 e. The van der Waals surface area contributed by atoms with Crippen LogP contribution < -0.4 is 20.7 Å². The molecule has 1 aliphatic rings. The van der Waals surface area contributed by atoms with Crippen molar-refractivity contribution < 1.29 is 46.9 Å². The van der Waals surface area contributed by atoms with Crippen molar-refractivity contribution in [1.82, 2.24) is 10.6 Å². The van der Waals surface area contributed by atoms with Gasteiger partial charge in [-0.05, 0) is 81.5 Å². The van der Waals surface area contributed by atoms with E-state index in [0.29, 0.717) is 0 Å². The van der Waals surface area contributed by atoms with Gasteiger partial charge >= 0.3 is 18.0 Å². The van der Waals surface area contributed by atoms with E-state index in [0.717, 1.165) is 6.07 Å². The molecule has 57 heavy (non-hydrogen) atoms. The summed E-state index contributed by atoms with van der Waals surface area (Å²) in [4.78, 5) is 51.5. The fraction of sp³-hybridized carbons (Fsp3) is 0.439. The Balaban J connectivity index is 1.58. The highest BCUT2D eigenvalue weighted by molar-refractivity contribution is 6.31. The minimum Gasteiger partial charge on any atom is -0.495 e. The number of carbonyl (C=O) groups excluding carboxylic acids is 4. The third-order valence-corrected chi connectivity index (χ3v) is 9.60. The lowest BCUT2D eigenvalue weighted by Gasteiger charge is -2.37. The molecular weight excluding hydrogens is 785 g/mol. The monoisotopic (exact) mass is 830 g/mol. The Morgan fingerprint density at radius 2 is 1.67 bits per heavy atom. The number of rotatable bonds is 12. The summed E-state index contributed by atoms with van der Waals surface area (Å²) in [5, 5.41) is 19.3. The molecule has 16 heteroatoms. The number of hydrogen-bond acceptors (Lipinski definition) is 10. The Labute approximate surface area is 340 Å². The molecule has 3 aromatic rings. The zero-order chi connectivity index (χ0) is 42.5. The van der Waals surface area contributed by atoms with Gasteiger partial charge in [0.05, 0.1) is 35.5 Å². The van der Waals surface area contributed by atoms with Crippen molar-refractivity contribution in [2.75, 3.05) is 25.6 Å². The molecule has 5 atom stereocenters. The van der Waals surface area contributed by atoms with Gasteiger partial charge in [0.15, 0.2) is 0 Å². The maximum atomic E-state index is 16.0. The Morgan fingerprint density at radius 1 is 0.982 bits per heavy atom. The lowest BCUT2D eigenvalue weighted by atomic mass is 9.62. The van der Waals surface area contributed by atoms with Crippen LogP contribution in [0.5, 0.6) is 5.75 Å². The Morgan fingerprint density at radius 3 is 2.28 bits per heavy atom. The summed E-state index contributed by atoms with van der Waals surface area (Å²) in [6.07, 6.45) is -0.526. The van der Waals surface area contributed by atoms with E-state index in [2.05, 4.69) is 22.0 Å². The lowest BCUT2D eigenvalue weighted by Crippen LogP contribution is -2.45. The number of amides is 2. The van der Waals surface area contributed by atoms with Gasteiger partial charge in [-0.3, -0.25) is 4.79 Å². The average molecular weight is 832 g/mol. The number of anilines is 1. The molecule has 1 heterocycles. The Bertz CT molecular complexity index is 2050. The second-order valence-electron chi connectivity index (χ2n) is 15.8. The molecular formula is C41H46Cl2F2N4O8. The molecule has 0 radical (unpaired) electrons. The molecule has 0 aromatic heterocycles. The smallest absolute Gasteiger partial charge is 0.408 e. The van der Waals surface area contributed by atoms with Crippen LogP contribution in [0.25, 0.3) is 0 Å². The standard InChI is InChI=1S/C41H46Cl2F2N4O8/c1-22(47-38(53)57-40(5,6)7)36(51)55-16-17-56-37(52)23-12-15-29(30(18-23)54-8)48-35(50)34-32(25-10-9-11-27(43)33(25)45)41(21-46,31(49-34)20-39(2,3)4)26-14-13-24(42)19-28(26)44/h9-15,18-19,22,31-32,34,49H,16-17,20H2,1-8H3,(H,47,53)(H,48,50)/t22-,31?,32-,34+,41-/m0/s1. The van der Waals surface area contributed by atoms with Crippen LogP contribution in [-0.2, 0) is 29.2 Å². The van der Waals surface area contributed by atoms with E-state index in [1.807, 2.05) is 20.8 Å². The van der Waals surface area contributed by atoms with Gasteiger partial charge in [-0.2, -0.15) is 5.26 Å². The number of benzene rings is 3. The van der Waals surface area contributed by atoms with Gasteiger partial charge in [0.25, 0.3) is 0 Å². The van der Waals surface area contributed by atoms with E-state index in [1.54, 1.807) is 20.8 Å². The van der Waals surface area contributed by atoms with Gasteiger partial charge in [0.2, 0.25) is 5.91 Å². The van der Waals surface area contributed by atoms with Crippen LogP contribution in [0.4, 0.5) is 19.3 Å². The first-order valence-electron chi connectivity index (χ1n) is 18.0. The number of ether oxygens (including phenoxy) is 4. The number of esters is 2. The summed E-state index contributed by atoms with van der Waals surface area (Å²) < 4.78 is 52.9. The van der Waals surface area contributed by atoms with E-state index in [-0.39, 0.29) is 57.8 Å². The van der Waals surface area contributed by atoms with Gasteiger partial charge in [0, 0.05) is 22.5 Å². The summed E-state index contributed by atoms with van der Waals surface area (Å²) in [6.45, 7) is 11.6. The van der Waals surface area contributed by atoms with Crippen molar-refractivity contribution in [2.24, 2.45) is 5.41 Å². The van der Waals surface area contributed by atoms with E-state index in [9.17, 15) is 24.4 Å². The van der Waals surface area contributed by atoms with Crippen LogP contribution in [0.2, 0.25) is 10.0 Å². The molecule has 1 saturated heterocycles. The average Bonchev–Trinajstić information content (AvgIpc) is 3.43. The van der Waals surface area contributed by atoms with Crippen LogP contribution in [-0.4, -0.2) is 68.0 Å². The minimum atomic E-state index is -1.84. The molecule has 1 fully saturated rings.